The van der Waals surface area contributed by atoms with Gasteiger partial charge >= 0.3 is 0 Å². The van der Waals surface area contributed by atoms with Gasteiger partial charge in [-0.1, -0.05) is 95.2 Å². The normalized spacial score (nSPS) is 17.3. The molecule has 0 N–H and O–H groups in total. The zero-order chi connectivity index (χ0) is 20.3. The second-order valence-electron chi connectivity index (χ2n) is 9.35. The zero-order valence-corrected chi connectivity index (χ0v) is 18.3. The van der Waals surface area contributed by atoms with Gasteiger partial charge in [0.05, 0.1) is 0 Å². The molecule has 0 aromatic heterocycles. The first-order chi connectivity index (χ1) is 14.2. The minimum Gasteiger partial charge on any atom is -0.294 e. The molecule has 2 aromatic carbocycles. The first kappa shape index (κ1) is 20.4. The van der Waals surface area contributed by atoms with E-state index < -0.39 is 0 Å². The molecule has 1 fully saturated rings. The summed E-state index contributed by atoms with van der Waals surface area (Å²) in [6, 6.07) is 15.5. The number of benzene rings is 2. The molecule has 0 heterocycles. The second kappa shape index (κ2) is 8.86. The predicted octanol–water partition coefficient (Wildman–Crippen LogP) is 8.10. The average Bonchev–Trinajstić information content (AvgIpc) is 3.34. The van der Waals surface area contributed by atoms with E-state index >= 15 is 0 Å². The Kier molecular flexibility index (Phi) is 6.23. The van der Waals surface area contributed by atoms with E-state index in [1.54, 1.807) is 0 Å². The van der Waals surface area contributed by atoms with Crippen molar-refractivity contribution in [3.63, 3.8) is 0 Å². The third-order valence-corrected chi connectivity index (χ3v) is 7.43. The largest absolute Gasteiger partial charge is 0.294 e. The van der Waals surface area contributed by atoms with Crippen molar-refractivity contribution >= 4 is 5.78 Å². The quantitative estimate of drug-likeness (QED) is 0.397. The number of Topliss-reactive ketones (excluding diaryl/α,β-unsaturated/α-hetero) is 1. The van der Waals surface area contributed by atoms with Crippen molar-refractivity contribution in [2.24, 2.45) is 5.92 Å². The van der Waals surface area contributed by atoms with Crippen molar-refractivity contribution in [2.45, 2.75) is 89.9 Å². The molecule has 2 aromatic rings. The summed E-state index contributed by atoms with van der Waals surface area (Å²) in [6.07, 6.45) is 13.2. The molecule has 0 unspecified atom stereocenters. The highest BCUT2D eigenvalue weighted by Crippen LogP contribution is 2.53. The van der Waals surface area contributed by atoms with Crippen LogP contribution >= 0.6 is 0 Å². The van der Waals surface area contributed by atoms with Crippen LogP contribution in [0.25, 0.3) is 11.1 Å². The van der Waals surface area contributed by atoms with Crippen molar-refractivity contribution in [1.82, 2.24) is 0 Å². The van der Waals surface area contributed by atoms with Gasteiger partial charge in [0.1, 0.15) is 0 Å². The standard InChI is InChI=1S/C28H36O/c1-3-18-28(19-4-2)25-14-8-7-13-23(25)24-17-16-22(20-26(24)28)27(29)15-9-12-21-10-5-6-11-21/h7-8,13-14,16-17,20-21H,3-6,9-12,15,18-19H2,1-2H3. The molecule has 4 rings (SSSR count). The first-order valence-electron chi connectivity index (χ1n) is 12.0. The Hall–Kier alpha value is -1.89. The molecule has 0 bridgehead atoms. The van der Waals surface area contributed by atoms with E-state index in [9.17, 15) is 4.79 Å². The van der Waals surface area contributed by atoms with Gasteiger partial charge in [0.15, 0.2) is 5.78 Å². The highest BCUT2D eigenvalue weighted by atomic mass is 16.1. The third kappa shape index (κ3) is 3.81. The summed E-state index contributed by atoms with van der Waals surface area (Å²) in [7, 11) is 0. The summed E-state index contributed by atoms with van der Waals surface area (Å²) < 4.78 is 0. The number of carbonyl (C=O) groups is 1. The Bertz CT molecular complexity index is 850. The fourth-order valence-corrected chi connectivity index (χ4v) is 6.14. The lowest BCUT2D eigenvalue weighted by Crippen LogP contribution is -2.25. The fourth-order valence-electron chi connectivity index (χ4n) is 6.14. The Morgan fingerprint density at radius 3 is 2.34 bits per heavy atom. The van der Waals surface area contributed by atoms with Gasteiger partial charge in [-0.25, -0.2) is 0 Å². The molecular formula is C28H36O. The third-order valence-electron chi connectivity index (χ3n) is 7.43. The molecule has 154 valence electrons. The monoisotopic (exact) mass is 388 g/mol. The summed E-state index contributed by atoms with van der Waals surface area (Å²) in [5.41, 5.74) is 6.62. The van der Waals surface area contributed by atoms with Crippen LogP contribution in [0.2, 0.25) is 0 Å². The number of carbonyl (C=O) groups excluding carboxylic acids is 1. The minimum absolute atomic E-state index is 0.0789. The summed E-state index contributed by atoms with van der Waals surface area (Å²) in [6.45, 7) is 4.58. The van der Waals surface area contributed by atoms with Crippen LogP contribution in [-0.4, -0.2) is 5.78 Å². The average molecular weight is 389 g/mol. The highest BCUT2D eigenvalue weighted by molar-refractivity contribution is 5.97. The first-order valence-corrected chi connectivity index (χ1v) is 12.0. The van der Waals surface area contributed by atoms with Crippen molar-refractivity contribution in [2.75, 3.05) is 0 Å². The molecule has 2 aliphatic carbocycles. The summed E-state index contributed by atoms with van der Waals surface area (Å²) in [4.78, 5) is 13.0. The Morgan fingerprint density at radius 1 is 0.931 bits per heavy atom. The maximum absolute atomic E-state index is 13.0. The second-order valence-corrected chi connectivity index (χ2v) is 9.35. The van der Waals surface area contributed by atoms with Crippen molar-refractivity contribution in [1.29, 1.82) is 0 Å². The van der Waals surface area contributed by atoms with Crippen molar-refractivity contribution in [3.8, 4) is 11.1 Å². The van der Waals surface area contributed by atoms with E-state index in [1.165, 1.54) is 54.4 Å². The topological polar surface area (TPSA) is 17.1 Å². The molecule has 0 spiro atoms. The molecule has 0 saturated heterocycles. The van der Waals surface area contributed by atoms with Gasteiger partial charge in [-0.3, -0.25) is 4.79 Å². The van der Waals surface area contributed by atoms with Gasteiger partial charge in [0.25, 0.3) is 0 Å². The van der Waals surface area contributed by atoms with Crippen LogP contribution in [0.1, 0.15) is 106 Å². The Morgan fingerprint density at radius 2 is 1.62 bits per heavy atom. The van der Waals surface area contributed by atoms with Crippen molar-refractivity contribution < 1.29 is 4.79 Å². The van der Waals surface area contributed by atoms with Gasteiger partial charge in [0.2, 0.25) is 0 Å². The van der Waals surface area contributed by atoms with Crippen LogP contribution in [-0.2, 0) is 5.41 Å². The summed E-state index contributed by atoms with van der Waals surface area (Å²) >= 11 is 0. The van der Waals surface area contributed by atoms with Gasteiger partial charge in [-0.15, -0.1) is 0 Å². The smallest absolute Gasteiger partial charge is 0.162 e. The highest BCUT2D eigenvalue weighted by Gasteiger charge is 2.41. The van der Waals surface area contributed by atoms with Crippen molar-refractivity contribution in [3.05, 3.63) is 59.2 Å². The Balaban J connectivity index is 1.61. The van der Waals surface area contributed by atoms with Crippen LogP contribution in [0.3, 0.4) is 0 Å². The number of hydrogen-bond donors (Lipinski definition) is 0. The molecule has 0 radical (unpaired) electrons. The Labute approximate surface area is 176 Å². The molecular weight excluding hydrogens is 352 g/mol. The van der Waals surface area contributed by atoms with E-state index in [0.29, 0.717) is 12.2 Å². The molecule has 1 heteroatoms. The molecule has 0 amide bonds. The van der Waals surface area contributed by atoms with Gasteiger partial charge < -0.3 is 0 Å². The SMILES string of the molecule is CCCC1(CCC)c2ccccc2-c2ccc(C(=O)CCCC3CCCC3)cc21. The molecule has 2 aliphatic rings. The van der Waals surface area contributed by atoms with Crippen LogP contribution < -0.4 is 0 Å². The zero-order valence-electron chi connectivity index (χ0n) is 18.3. The molecule has 0 atom stereocenters. The summed E-state index contributed by atoms with van der Waals surface area (Å²) in [5.74, 6) is 1.21. The minimum atomic E-state index is 0.0789. The van der Waals surface area contributed by atoms with Crippen LogP contribution in [0, 0.1) is 5.92 Å². The van der Waals surface area contributed by atoms with Gasteiger partial charge in [-0.05, 0) is 53.5 Å². The van der Waals surface area contributed by atoms with E-state index in [-0.39, 0.29) is 5.41 Å². The van der Waals surface area contributed by atoms with Crippen LogP contribution in [0.4, 0.5) is 0 Å². The van der Waals surface area contributed by atoms with E-state index in [4.69, 9.17) is 0 Å². The van der Waals surface area contributed by atoms with Crippen LogP contribution in [0.15, 0.2) is 42.5 Å². The number of ketones is 1. The maximum atomic E-state index is 13.0. The number of rotatable bonds is 9. The predicted molar refractivity (Wildman–Crippen MR) is 123 cm³/mol. The van der Waals surface area contributed by atoms with E-state index in [1.807, 2.05) is 0 Å². The molecule has 29 heavy (non-hydrogen) atoms. The summed E-state index contributed by atoms with van der Waals surface area (Å²) in [5, 5.41) is 0. The lowest BCUT2D eigenvalue weighted by atomic mass is 9.71. The lowest BCUT2D eigenvalue weighted by molar-refractivity contribution is 0.0977. The number of hydrogen-bond acceptors (Lipinski definition) is 1. The molecule has 0 aliphatic heterocycles. The molecule has 1 saturated carbocycles. The van der Waals surface area contributed by atoms with Gasteiger partial charge in [0, 0.05) is 17.4 Å². The fraction of sp³-hybridized carbons (Fsp3) is 0.536. The lowest BCUT2D eigenvalue weighted by Gasteiger charge is -2.32. The van der Waals surface area contributed by atoms with Crippen LogP contribution in [0.5, 0.6) is 0 Å². The number of fused-ring (bicyclic) bond motifs is 3. The van der Waals surface area contributed by atoms with E-state index in [0.717, 1.165) is 43.6 Å². The van der Waals surface area contributed by atoms with Gasteiger partial charge in [-0.2, -0.15) is 0 Å². The maximum Gasteiger partial charge on any atom is 0.162 e. The molecule has 1 nitrogen and oxygen atoms in total. The van der Waals surface area contributed by atoms with E-state index in [2.05, 4.69) is 56.3 Å².